The Bertz CT molecular complexity index is 755. The standard InChI is InChI=1S/C12H23NO4.C5H4N2O4/c1-8(2)7-9(10(14)15)13-11-12(3,16)5-4-6-17-11;8-3-1-2(4(9)10)6-5(11)7-3/h8-9,11,13,16H,4-7H2,1-3H3,(H,14,15);1H,(H,9,10)(H2,6,7,8,11). The van der Waals surface area contributed by atoms with Crippen molar-refractivity contribution in [2.75, 3.05) is 6.61 Å². The molecule has 28 heavy (non-hydrogen) atoms. The summed E-state index contributed by atoms with van der Waals surface area (Å²) < 4.78 is 5.49. The Hall–Kier alpha value is -2.50. The molecule has 158 valence electrons. The van der Waals surface area contributed by atoms with Crippen molar-refractivity contribution in [3.8, 4) is 0 Å². The Morgan fingerprint density at radius 1 is 1.39 bits per heavy atom. The second kappa shape index (κ2) is 10.2. The molecule has 0 aromatic carbocycles. The predicted octanol–water partition coefficient (Wildman–Crippen LogP) is -2.64. The fourth-order valence-corrected chi connectivity index (χ4v) is 2.78. The molecule has 11 nitrogen and oxygen atoms in total. The molecule has 1 aliphatic rings. The van der Waals surface area contributed by atoms with Crippen molar-refractivity contribution in [3.63, 3.8) is 0 Å². The number of carboxylic acids is 2. The number of carboxylic acid groups (broad SMARTS) is 2. The number of H-pyrrole nitrogens is 2. The molecular weight excluding hydrogens is 374 g/mol. The largest absolute Gasteiger partial charge is 0.543 e. The van der Waals surface area contributed by atoms with Gasteiger partial charge in [-0.1, -0.05) is 13.8 Å². The first-order valence-corrected chi connectivity index (χ1v) is 8.89. The van der Waals surface area contributed by atoms with Crippen molar-refractivity contribution in [3.05, 3.63) is 32.6 Å². The summed E-state index contributed by atoms with van der Waals surface area (Å²) in [5.74, 6) is -2.13. The quantitative estimate of drug-likeness (QED) is 0.342. The van der Waals surface area contributed by atoms with Gasteiger partial charge in [-0.15, -0.1) is 0 Å². The van der Waals surface area contributed by atoms with Crippen molar-refractivity contribution in [2.45, 2.75) is 57.9 Å². The molecule has 1 aromatic rings. The van der Waals surface area contributed by atoms with Crippen LogP contribution in [0.3, 0.4) is 0 Å². The molecule has 0 aliphatic carbocycles. The first-order valence-electron chi connectivity index (χ1n) is 8.89. The van der Waals surface area contributed by atoms with Gasteiger partial charge in [-0.3, -0.25) is 9.78 Å². The Morgan fingerprint density at radius 2 is 2.04 bits per heavy atom. The highest BCUT2D eigenvalue weighted by Crippen LogP contribution is 2.21. The minimum atomic E-state index is -1.59. The normalized spacial score (nSPS) is 22.8. The second-order valence-corrected chi connectivity index (χ2v) is 7.31. The van der Waals surface area contributed by atoms with E-state index < -0.39 is 46.8 Å². The summed E-state index contributed by atoms with van der Waals surface area (Å²) in [4.78, 5) is 45.8. The number of aromatic carboxylic acids is 1. The Kier molecular flexibility index (Phi) is 8.54. The van der Waals surface area contributed by atoms with Crippen molar-refractivity contribution in [1.29, 1.82) is 0 Å². The first kappa shape index (κ1) is 23.5. The van der Waals surface area contributed by atoms with E-state index in [1.165, 1.54) is 0 Å². The minimum absolute atomic E-state index is 0.306. The SMILES string of the molecule is CC(C)CC([NH2+]C1OCCCC1(C)O)C(=O)O.O=C([O-])c1cc(=O)[nH]c(=O)[nH]1. The van der Waals surface area contributed by atoms with Crippen LogP contribution in [0.2, 0.25) is 0 Å². The topological polar surface area (TPSA) is 189 Å². The molecule has 3 unspecified atom stereocenters. The van der Waals surface area contributed by atoms with E-state index >= 15 is 0 Å². The number of quaternary nitrogens is 1. The first-order chi connectivity index (χ1) is 12.9. The van der Waals surface area contributed by atoms with Gasteiger partial charge in [0.25, 0.3) is 5.56 Å². The van der Waals surface area contributed by atoms with Crippen LogP contribution in [0.5, 0.6) is 0 Å². The number of aromatic nitrogens is 2. The number of aromatic amines is 2. The summed E-state index contributed by atoms with van der Waals surface area (Å²) in [6.07, 6.45) is 1.57. The molecule has 0 bridgehead atoms. The third-order valence-electron chi connectivity index (χ3n) is 4.17. The number of ether oxygens (including phenoxy) is 1. The van der Waals surface area contributed by atoms with E-state index in [9.17, 15) is 29.4 Å². The number of aliphatic carboxylic acids is 1. The van der Waals surface area contributed by atoms with Crippen LogP contribution in [0, 0.1) is 5.92 Å². The Balaban J connectivity index is 0.000000307. The van der Waals surface area contributed by atoms with Gasteiger partial charge in [0.2, 0.25) is 6.23 Å². The summed E-state index contributed by atoms with van der Waals surface area (Å²) in [6.45, 7) is 6.28. The lowest BCUT2D eigenvalue weighted by Crippen LogP contribution is -3.01. The summed E-state index contributed by atoms with van der Waals surface area (Å²) in [5, 5.41) is 31.0. The number of hydrogen-bond donors (Lipinski definition) is 5. The fraction of sp³-hybridized carbons (Fsp3) is 0.647. The van der Waals surface area contributed by atoms with Gasteiger partial charge in [-0.25, -0.2) is 9.59 Å². The Morgan fingerprint density at radius 3 is 2.50 bits per heavy atom. The van der Waals surface area contributed by atoms with E-state index in [0.717, 1.165) is 12.5 Å². The molecule has 2 rings (SSSR count). The lowest BCUT2D eigenvalue weighted by atomic mass is 9.94. The average Bonchev–Trinajstić information content (AvgIpc) is 2.55. The summed E-state index contributed by atoms with van der Waals surface area (Å²) in [5.41, 5.74) is -3.11. The molecule has 2 heterocycles. The van der Waals surface area contributed by atoms with Crippen LogP contribution in [-0.2, 0) is 9.53 Å². The van der Waals surface area contributed by atoms with Crippen LogP contribution in [0.1, 0.15) is 50.5 Å². The summed E-state index contributed by atoms with van der Waals surface area (Å²) >= 11 is 0. The van der Waals surface area contributed by atoms with Gasteiger partial charge in [0, 0.05) is 12.5 Å². The highest BCUT2D eigenvalue weighted by atomic mass is 16.5. The lowest BCUT2D eigenvalue weighted by Gasteiger charge is -2.35. The van der Waals surface area contributed by atoms with E-state index in [0.29, 0.717) is 25.4 Å². The van der Waals surface area contributed by atoms with E-state index in [4.69, 9.17) is 9.84 Å². The predicted molar refractivity (Wildman–Crippen MR) is 94.4 cm³/mol. The van der Waals surface area contributed by atoms with Crippen LogP contribution in [0.15, 0.2) is 15.7 Å². The number of hydrogen-bond acceptors (Lipinski definition) is 7. The minimum Gasteiger partial charge on any atom is -0.543 e. The summed E-state index contributed by atoms with van der Waals surface area (Å²) in [7, 11) is 0. The number of carbonyl (C=O) groups is 2. The zero-order chi connectivity index (χ0) is 21.5. The molecular formula is C17H27N3O8. The van der Waals surface area contributed by atoms with Crippen molar-refractivity contribution >= 4 is 11.9 Å². The molecule has 3 atom stereocenters. The molecule has 1 aromatic heterocycles. The number of carbonyl (C=O) groups excluding carboxylic acids is 1. The smallest absolute Gasteiger partial charge is 0.362 e. The molecule has 0 saturated carbocycles. The Labute approximate surface area is 160 Å². The number of aliphatic hydroxyl groups is 1. The highest BCUT2D eigenvalue weighted by Gasteiger charge is 2.41. The van der Waals surface area contributed by atoms with Gasteiger partial charge in [0.05, 0.1) is 18.3 Å². The zero-order valence-corrected chi connectivity index (χ0v) is 16.1. The van der Waals surface area contributed by atoms with Crippen LogP contribution < -0.4 is 21.7 Å². The van der Waals surface area contributed by atoms with Crippen LogP contribution in [0.25, 0.3) is 0 Å². The van der Waals surface area contributed by atoms with Gasteiger partial charge in [0.1, 0.15) is 5.60 Å². The lowest BCUT2D eigenvalue weighted by molar-refractivity contribution is -0.763. The zero-order valence-electron chi connectivity index (χ0n) is 16.1. The molecule has 1 fully saturated rings. The van der Waals surface area contributed by atoms with E-state index in [1.807, 2.05) is 23.8 Å². The van der Waals surface area contributed by atoms with Crippen molar-refractivity contribution in [2.24, 2.45) is 5.92 Å². The van der Waals surface area contributed by atoms with Crippen molar-refractivity contribution in [1.82, 2.24) is 9.97 Å². The molecule has 6 N–H and O–H groups in total. The molecule has 1 saturated heterocycles. The van der Waals surface area contributed by atoms with Crippen LogP contribution in [0.4, 0.5) is 0 Å². The maximum absolute atomic E-state index is 11.2. The van der Waals surface area contributed by atoms with E-state index in [1.54, 1.807) is 12.2 Å². The number of nitrogens with two attached hydrogens (primary N) is 1. The van der Waals surface area contributed by atoms with Gasteiger partial charge in [0.15, 0.2) is 6.04 Å². The van der Waals surface area contributed by atoms with E-state index in [2.05, 4.69) is 0 Å². The number of nitrogens with one attached hydrogen (secondary N) is 2. The molecule has 1 aliphatic heterocycles. The molecule has 0 amide bonds. The summed E-state index contributed by atoms with van der Waals surface area (Å²) in [6, 6.07) is 0.182. The highest BCUT2D eigenvalue weighted by molar-refractivity contribution is 5.82. The van der Waals surface area contributed by atoms with E-state index in [-0.39, 0.29) is 0 Å². The fourth-order valence-electron chi connectivity index (χ4n) is 2.78. The van der Waals surface area contributed by atoms with Gasteiger partial charge in [-0.05, 0) is 25.7 Å². The maximum Gasteiger partial charge on any atom is 0.362 e. The molecule has 11 heteroatoms. The maximum atomic E-state index is 11.2. The number of rotatable bonds is 6. The van der Waals surface area contributed by atoms with Crippen molar-refractivity contribution < 1.29 is 35.0 Å². The van der Waals surface area contributed by atoms with Crippen LogP contribution in [-0.4, -0.2) is 56.6 Å². The van der Waals surface area contributed by atoms with Crippen LogP contribution >= 0.6 is 0 Å². The van der Waals surface area contributed by atoms with Gasteiger partial charge in [-0.2, -0.15) is 0 Å². The molecule has 0 radical (unpaired) electrons. The van der Waals surface area contributed by atoms with Gasteiger partial charge < -0.3 is 35.2 Å². The third-order valence-corrected chi connectivity index (χ3v) is 4.17. The third kappa shape index (κ3) is 7.62. The molecule has 0 spiro atoms. The second-order valence-electron chi connectivity index (χ2n) is 7.31. The average molecular weight is 401 g/mol. The monoisotopic (exact) mass is 401 g/mol. The van der Waals surface area contributed by atoms with Gasteiger partial charge >= 0.3 is 11.7 Å².